The van der Waals surface area contributed by atoms with E-state index in [9.17, 15) is 0 Å². The molecule has 1 aliphatic carbocycles. The van der Waals surface area contributed by atoms with Crippen molar-refractivity contribution in [1.82, 2.24) is 0 Å². The molecule has 1 heteroatoms. The van der Waals surface area contributed by atoms with Gasteiger partial charge in [-0.3, -0.25) is 0 Å². The molecule has 0 aromatic heterocycles. The Labute approximate surface area is 364 Å². The van der Waals surface area contributed by atoms with Crippen molar-refractivity contribution in [3.63, 3.8) is 0 Å². The van der Waals surface area contributed by atoms with Crippen LogP contribution in [0.4, 0.5) is 17.1 Å². The lowest BCUT2D eigenvalue weighted by Gasteiger charge is -2.28. The SMILES string of the molecule is CC1(C)c2ccccc2-c2ccc(N(c3ccc(-c4ccccc4)cc3)c3ccc(-c4ccc5ccccc5c4-c4ccc(-c5ccc(-c6ccccc6)cc5)cc4)cc3)cc21. The summed E-state index contributed by atoms with van der Waals surface area (Å²) in [5.41, 5.74) is 20.8. The first-order valence-corrected chi connectivity index (χ1v) is 21.6. The molecule has 0 unspecified atom stereocenters. The second-order valence-electron chi connectivity index (χ2n) is 16.9. The Kier molecular flexibility index (Phi) is 9.24. The molecule has 0 radical (unpaired) electrons. The van der Waals surface area contributed by atoms with Crippen molar-refractivity contribution in [2.24, 2.45) is 0 Å². The van der Waals surface area contributed by atoms with E-state index in [1.54, 1.807) is 0 Å². The quantitative estimate of drug-likeness (QED) is 0.148. The van der Waals surface area contributed by atoms with E-state index in [1.807, 2.05) is 0 Å². The maximum Gasteiger partial charge on any atom is 0.0465 e. The lowest BCUT2D eigenvalue weighted by molar-refractivity contribution is 0.660. The van der Waals surface area contributed by atoms with Gasteiger partial charge >= 0.3 is 0 Å². The molecule has 0 bridgehead atoms. The van der Waals surface area contributed by atoms with Gasteiger partial charge in [-0.1, -0.05) is 214 Å². The smallest absolute Gasteiger partial charge is 0.0465 e. The minimum atomic E-state index is -0.105. The van der Waals surface area contributed by atoms with Gasteiger partial charge in [-0.2, -0.15) is 0 Å². The molecule has 0 spiro atoms. The van der Waals surface area contributed by atoms with Crippen molar-refractivity contribution in [2.75, 3.05) is 4.90 Å². The monoisotopic (exact) mass is 791 g/mol. The molecule has 294 valence electrons. The fourth-order valence-electron chi connectivity index (χ4n) is 9.64. The van der Waals surface area contributed by atoms with Crippen molar-refractivity contribution in [3.05, 3.63) is 248 Å². The van der Waals surface area contributed by atoms with Crippen LogP contribution in [0.1, 0.15) is 25.0 Å². The summed E-state index contributed by atoms with van der Waals surface area (Å²) in [6.45, 7) is 4.71. The molecule has 0 aliphatic heterocycles. The first kappa shape index (κ1) is 37.3. The number of rotatable bonds is 8. The minimum Gasteiger partial charge on any atom is -0.310 e. The zero-order valence-electron chi connectivity index (χ0n) is 35.0. The Bertz CT molecular complexity index is 3200. The molecule has 0 atom stereocenters. The van der Waals surface area contributed by atoms with Gasteiger partial charge < -0.3 is 4.90 Å². The molecule has 0 N–H and O–H groups in total. The van der Waals surface area contributed by atoms with Crippen LogP contribution in [0.15, 0.2) is 237 Å². The average Bonchev–Trinajstić information content (AvgIpc) is 3.57. The molecule has 10 aromatic carbocycles. The Hall–Kier alpha value is -7.74. The highest BCUT2D eigenvalue weighted by molar-refractivity contribution is 6.04. The van der Waals surface area contributed by atoms with Gasteiger partial charge in [-0.05, 0) is 125 Å². The number of nitrogens with zero attached hydrogens (tertiary/aromatic N) is 1. The van der Waals surface area contributed by atoms with Gasteiger partial charge in [0.25, 0.3) is 0 Å². The van der Waals surface area contributed by atoms with E-state index in [0.29, 0.717) is 0 Å². The second-order valence-corrected chi connectivity index (χ2v) is 16.9. The van der Waals surface area contributed by atoms with Gasteiger partial charge in [-0.25, -0.2) is 0 Å². The third-order valence-electron chi connectivity index (χ3n) is 12.9. The summed E-state index contributed by atoms with van der Waals surface area (Å²) in [7, 11) is 0. The van der Waals surface area contributed by atoms with Crippen LogP contribution in [0.2, 0.25) is 0 Å². The summed E-state index contributed by atoms with van der Waals surface area (Å²) >= 11 is 0. The summed E-state index contributed by atoms with van der Waals surface area (Å²) in [6.07, 6.45) is 0. The highest BCUT2D eigenvalue weighted by Gasteiger charge is 2.35. The number of anilines is 3. The van der Waals surface area contributed by atoms with Crippen molar-refractivity contribution in [3.8, 4) is 66.8 Å². The molecule has 0 saturated heterocycles. The average molecular weight is 792 g/mol. The summed E-state index contributed by atoms with van der Waals surface area (Å²) in [5.74, 6) is 0. The molecule has 0 heterocycles. The van der Waals surface area contributed by atoms with Crippen LogP contribution in [-0.4, -0.2) is 0 Å². The van der Waals surface area contributed by atoms with Gasteiger partial charge in [0, 0.05) is 22.5 Å². The normalized spacial score (nSPS) is 12.5. The lowest BCUT2D eigenvalue weighted by Crippen LogP contribution is -2.16. The van der Waals surface area contributed by atoms with Gasteiger partial charge in [0.15, 0.2) is 0 Å². The van der Waals surface area contributed by atoms with Gasteiger partial charge in [0.05, 0.1) is 0 Å². The zero-order valence-corrected chi connectivity index (χ0v) is 35.0. The summed E-state index contributed by atoms with van der Waals surface area (Å²) in [5, 5.41) is 2.48. The van der Waals surface area contributed by atoms with Crippen LogP contribution in [0, 0.1) is 0 Å². The van der Waals surface area contributed by atoms with Crippen molar-refractivity contribution >= 4 is 27.8 Å². The molecule has 0 fully saturated rings. The molecule has 0 saturated carbocycles. The fourth-order valence-corrected chi connectivity index (χ4v) is 9.64. The van der Waals surface area contributed by atoms with Crippen LogP contribution in [-0.2, 0) is 5.41 Å². The number of fused-ring (bicyclic) bond motifs is 4. The Morgan fingerprint density at radius 2 is 0.710 bits per heavy atom. The predicted molar refractivity (Wildman–Crippen MR) is 263 cm³/mol. The van der Waals surface area contributed by atoms with Crippen LogP contribution in [0.3, 0.4) is 0 Å². The number of benzene rings is 10. The van der Waals surface area contributed by atoms with Gasteiger partial charge in [0.1, 0.15) is 0 Å². The Morgan fingerprint density at radius 1 is 0.290 bits per heavy atom. The lowest BCUT2D eigenvalue weighted by atomic mass is 9.82. The predicted octanol–water partition coefficient (Wildman–Crippen LogP) is 17.0. The Morgan fingerprint density at radius 3 is 1.31 bits per heavy atom. The Balaban J connectivity index is 0.976. The molecule has 1 nitrogen and oxygen atoms in total. The van der Waals surface area contributed by atoms with Crippen LogP contribution >= 0.6 is 0 Å². The van der Waals surface area contributed by atoms with Crippen LogP contribution in [0.25, 0.3) is 77.5 Å². The van der Waals surface area contributed by atoms with E-state index in [-0.39, 0.29) is 5.41 Å². The third kappa shape index (κ3) is 6.60. The van der Waals surface area contributed by atoms with Crippen molar-refractivity contribution < 1.29 is 0 Å². The maximum atomic E-state index is 2.41. The summed E-state index contributed by atoms with van der Waals surface area (Å²) in [4.78, 5) is 2.41. The second kappa shape index (κ2) is 15.4. The van der Waals surface area contributed by atoms with E-state index in [2.05, 4.69) is 255 Å². The van der Waals surface area contributed by atoms with Gasteiger partial charge in [-0.15, -0.1) is 0 Å². The van der Waals surface area contributed by atoms with Crippen molar-refractivity contribution in [1.29, 1.82) is 0 Å². The zero-order chi connectivity index (χ0) is 41.6. The number of hydrogen-bond donors (Lipinski definition) is 0. The topological polar surface area (TPSA) is 3.24 Å². The summed E-state index contributed by atoms with van der Waals surface area (Å²) < 4.78 is 0. The number of hydrogen-bond acceptors (Lipinski definition) is 1. The first-order valence-electron chi connectivity index (χ1n) is 21.6. The molecule has 62 heavy (non-hydrogen) atoms. The first-order chi connectivity index (χ1) is 30.5. The third-order valence-corrected chi connectivity index (χ3v) is 12.9. The van der Waals surface area contributed by atoms with Crippen LogP contribution in [0.5, 0.6) is 0 Å². The van der Waals surface area contributed by atoms with Crippen molar-refractivity contribution in [2.45, 2.75) is 19.3 Å². The molecule has 0 amide bonds. The highest BCUT2D eigenvalue weighted by atomic mass is 15.1. The molecule has 11 rings (SSSR count). The van der Waals surface area contributed by atoms with E-state index in [0.717, 1.165) is 17.1 Å². The summed E-state index contributed by atoms with van der Waals surface area (Å²) in [6, 6.07) is 86.5. The van der Waals surface area contributed by atoms with E-state index in [1.165, 1.54) is 88.7 Å². The largest absolute Gasteiger partial charge is 0.310 e. The molecule has 1 aliphatic rings. The highest BCUT2D eigenvalue weighted by Crippen LogP contribution is 2.51. The molecular formula is C61H45N. The minimum absolute atomic E-state index is 0.105. The van der Waals surface area contributed by atoms with E-state index in [4.69, 9.17) is 0 Å². The van der Waals surface area contributed by atoms with Gasteiger partial charge in [0.2, 0.25) is 0 Å². The maximum absolute atomic E-state index is 2.41. The molecular weight excluding hydrogens is 747 g/mol. The van der Waals surface area contributed by atoms with Crippen LogP contribution < -0.4 is 4.90 Å². The fraction of sp³-hybridized carbons (Fsp3) is 0.0492. The molecule has 10 aromatic rings. The van der Waals surface area contributed by atoms with E-state index < -0.39 is 0 Å². The standard InChI is InChI=1S/C61H45N/c1-61(2)58-20-12-11-19-56(58)57-40-38-53(41-59(57)61)62(51-34-29-47(30-35-51)43-15-7-4-8-16-43)52-36-31-49(32-37-52)55-39-33-48-17-9-10-18-54(48)60(55)50-27-25-46(26-28-50)45-23-21-44(22-24-45)42-13-5-3-6-14-42/h3-41H,1-2H3. The van der Waals surface area contributed by atoms with E-state index >= 15 is 0 Å².